The normalized spacial score (nSPS) is 12.5. The molecule has 2 N–H and O–H groups in total. The van der Waals surface area contributed by atoms with Gasteiger partial charge in [0, 0.05) is 11.8 Å². The van der Waals surface area contributed by atoms with Crippen molar-refractivity contribution in [1.29, 1.82) is 0 Å². The van der Waals surface area contributed by atoms with Crippen molar-refractivity contribution in [3.05, 3.63) is 29.8 Å². The molecule has 0 fully saturated rings. The zero-order valence-electron chi connectivity index (χ0n) is 9.56. The molecule has 0 atom stereocenters. The van der Waals surface area contributed by atoms with Crippen LogP contribution in [0.3, 0.4) is 0 Å². The summed E-state index contributed by atoms with van der Waals surface area (Å²) < 4.78 is 10.4. The molecule has 2 heterocycles. The van der Waals surface area contributed by atoms with Crippen LogP contribution in [0.5, 0.6) is 11.5 Å². The van der Waals surface area contributed by atoms with E-state index in [1.807, 2.05) is 0 Å². The number of benzene rings is 1. The molecular weight excluding hydrogens is 236 g/mol. The summed E-state index contributed by atoms with van der Waals surface area (Å²) in [6, 6.07) is 5.16. The number of aromatic amines is 1. The van der Waals surface area contributed by atoms with Crippen LogP contribution in [0.2, 0.25) is 0 Å². The van der Waals surface area contributed by atoms with E-state index in [1.165, 1.54) is 0 Å². The lowest BCUT2D eigenvalue weighted by molar-refractivity contribution is 0.101. The quantitative estimate of drug-likeness (QED) is 0.828. The lowest BCUT2D eigenvalue weighted by Crippen LogP contribution is -2.13. The van der Waals surface area contributed by atoms with Crippen molar-refractivity contribution < 1.29 is 14.3 Å². The number of H-pyrrole nitrogens is 1. The van der Waals surface area contributed by atoms with Crippen LogP contribution in [0, 0.1) is 6.92 Å². The highest BCUT2D eigenvalue weighted by Gasteiger charge is 2.16. The van der Waals surface area contributed by atoms with Gasteiger partial charge >= 0.3 is 0 Å². The Morgan fingerprint density at radius 2 is 2.22 bits per heavy atom. The van der Waals surface area contributed by atoms with Gasteiger partial charge in [0.2, 0.25) is 12.6 Å². The van der Waals surface area contributed by atoms with E-state index in [0.717, 1.165) is 0 Å². The molecule has 2 aromatic rings. The number of nitrogens with one attached hydrogen (secondary N) is 2. The van der Waals surface area contributed by atoms with Crippen molar-refractivity contribution in [2.45, 2.75) is 6.92 Å². The van der Waals surface area contributed by atoms with Crippen LogP contribution in [0.1, 0.15) is 16.4 Å². The minimum Gasteiger partial charge on any atom is -0.454 e. The first-order valence-electron chi connectivity index (χ1n) is 5.32. The van der Waals surface area contributed by atoms with Gasteiger partial charge in [-0.25, -0.2) is 4.98 Å². The van der Waals surface area contributed by atoms with Gasteiger partial charge in [0.25, 0.3) is 5.91 Å². The van der Waals surface area contributed by atoms with E-state index in [9.17, 15) is 4.79 Å². The van der Waals surface area contributed by atoms with Crippen LogP contribution in [-0.4, -0.2) is 27.9 Å². The van der Waals surface area contributed by atoms with Crippen molar-refractivity contribution in [3.8, 4) is 11.5 Å². The number of carbonyl (C=O) groups excluding carboxylic acids is 1. The van der Waals surface area contributed by atoms with Gasteiger partial charge in [-0.3, -0.25) is 9.89 Å². The Morgan fingerprint density at radius 1 is 1.39 bits per heavy atom. The number of ether oxygens (including phenoxy) is 2. The second kappa shape index (κ2) is 4.02. The zero-order chi connectivity index (χ0) is 12.5. The monoisotopic (exact) mass is 246 g/mol. The molecule has 0 spiro atoms. The number of hydrogen-bond donors (Lipinski definition) is 2. The van der Waals surface area contributed by atoms with Crippen LogP contribution in [0.25, 0.3) is 0 Å². The highest BCUT2D eigenvalue weighted by atomic mass is 16.7. The van der Waals surface area contributed by atoms with Crippen LogP contribution < -0.4 is 14.8 Å². The average Bonchev–Trinajstić information content (AvgIpc) is 2.96. The Hall–Kier alpha value is -2.57. The molecule has 0 unspecified atom stereocenters. The van der Waals surface area contributed by atoms with Crippen LogP contribution in [-0.2, 0) is 0 Å². The maximum Gasteiger partial charge on any atom is 0.295 e. The minimum atomic E-state index is -0.377. The molecule has 1 aliphatic heterocycles. The summed E-state index contributed by atoms with van der Waals surface area (Å²) in [6.07, 6.45) is 0. The molecule has 0 saturated heterocycles. The molecule has 18 heavy (non-hydrogen) atoms. The van der Waals surface area contributed by atoms with E-state index >= 15 is 0 Å². The molecule has 3 rings (SSSR count). The molecule has 1 aromatic carbocycles. The summed E-state index contributed by atoms with van der Waals surface area (Å²) in [5.41, 5.74) is 0.603. The Morgan fingerprint density at radius 3 is 3.00 bits per heavy atom. The van der Waals surface area contributed by atoms with Crippen molar-refractivity contribution in [2.75, 3.05) is 12.1 Å². The third-order valence-corrected chi connectivity index (χ3v) is 2.43. The Labute approximate surface area is 102 Å². The average molecular weight is 246 g/mol. The van der Waals surface area contributed by atoms with Gasteiger partial charge in [0.05, 0.1) is 0 Å². The van der Waals surface area contributed by atoms with Gasteiger partial charge in [-0.1, -0.05) is 0 Å². The standard InChI is InChI=1S/C11H10N4O3/c1-6-12-10(15-14-6)11(16)13-7-2-3-8-9(4-7)18-5-17-8/h2-4H,5H2,1H3,(H,13,16)(H,12,14,15). The van der Waals surface area contributed by atoms with Crippen LogP contribution >= 0.6 is 0 Å². The van der Waals surface area contributed by atoms with Crippen molar-refractivity contribution in [1.82, 2.24) is 15.2 Å². The fourth-order valence-corrected chi connectivity index (χ4v) is 1.61. The summed E-state index contributed by atoms with van der Waals surface area (Å²) in [4.78, 5) is 15.7. The van der Waals surface area contributed by atoms with E-state index in [2.05, 4.69) is 20.5 Å². The highest BCUT2D eigenvalue weighted by molar-refractivity contribution is 6.01. The fraction of sp³-hybridized carbons (Fsp3) is 0.182. The Kier molecular flexibility index (Phi) is 2.36. The Balaban J connectivity index is 1.78. The highest BCUT2D eigenvalue weighted by Crippen LogP contribution is 2.34. The number of anilines is 1. The third-order valence-electron chi connectivity index (χ3n) is 2.43. The Bertz CT molecular complexity index is 608. The number of aryl methyl sites for hydroxylation is 1. The molecular formula is C11H10N4O3. The summed E-state index contributed by atoms with van der Waals surface area (Å²) in [6.45, 7) is 1.93. The molecule has 0 bridgehead atoms. The molecule has 7 nitrogen and oxygen atoms in total. The van der Waals surface area contributed by atoms with E-state index in [0.29, 0.717) is 23.0 Å². The first-order chi connectivity index (χ1) is 8.72. The van der Waals surface area contributed by atoms with Gasteiger partial charge in [-0.2, -0.15) is 0 Å². The number of rotatable bonds is 2. The summed E-state index contributed by atoms with van der Waals surface area (Å²) in [7, 11) is 0. The van der Waals surface area contributed by atoms with Crippen molar-refractivity contribution in [3.63, 3.8) is 0 Å². The summed E-state index contributed by atoms with van der Waals surface area (Å²) in [5, 5.41) is 9.07. The summed E-state index contributed by atoms with van der Waals surface area (Å²) in [5.74, 6) is 1.59. The van der Waals surface area contributed by atoms with Crippen molar-refractivity contribution >= 4 is 11.6 Å². The molecule has 0 aliphatic carbocycles. The van der Waals surface area contributed by atoms with E-state index in [1.54, 1.807) is 25.1 Å². The van der Waals surface area contributed by atoms with Gasteiger partial charge in [-0.15, -0.1) is 5.10 Å². The first kappa shape index (κ1) is 10.6. The van der Waals surface area contributed by atoms with Crippen LogP contribution in [0.15, 0.2) is 18.2 Å². The molecule has 1 amide bonds. The number of hydrogen-bond acceptors (Lipinski definition) is 5. The molecule has 1 aromatic heterocycles. The molecule has 0 radical (unpaired) electrons. The lowest BCUT2D eigenvalue weighted by Gasteiger charge is -2.03. The smallest absolute Gasteiger partial charge is 0.295 e. The van der Waals surface area contributed by atoms with Gasteiger partial charge in [-0.05, 0) is 19.1 Å². The van der Waals surface area contributed by atoms with E-state index in [-0.39, 0.29) is 18.5 Å². The third kappa shape index (κ3) is 1.86. The molecule has 92 valence electrons. The van der Waals surface area contributed by atoms with Gasteiger partial charge in [0.1, 0.15) is 5.82 Å². The van der Waals surface area contributed by atoms with Crippen molar-refractivity contribution in [2.24, 2.45) is 0 Å². The predicted octanol–water partition coefficient (Wildman–Crippen LogP) is 1.09. The minimum absolute atomic E-state index is 0.102. The lowest BCUT2D eigenvalue weighted by atomic mass is 10.3. The molecule has 7 heteroatoms. The second-order valence-corrected chi connectivity index (χ2v) is 3.77. The number of aromatic nitrogens is 3. The SMILES string of the molecule is Cc1nc(C(=O)Nc2ccc3c(c2)OCO3)n[nH]1. The van der Waals surface area contributed by atoms with Crippen LogP contribution in [0.4, 0.5) is 5.69 Å². The molecule has 1 aliphatic rings. The van der Waals surface area contributed by atoms with Gasteiger partial charge < -0.3 is 14.8 Å². The number of carbonyl (C=O) groups is 1. The second-order valence-electron chi connectivity index (χ2n) is 3.77. The fourth-order valence-electron chi connectivity index (χ4n) is 1.61. The maximum absolute atomic E-state index is 11.8. The number of fused-ring (bicyclic) bond motifs is 1. The zero-order valence-corrected chi connectivity index (χ0v) is 9.56. The molecule has 0 saturated carbocycles. The predicted molar refractivity (Wildman–Crippen MR) is 61.6 cm³/mol. The van der Waals surface area contributed by atoms with E-state index < -0.39 is 0 Å². The summed E-state index contributed by atoms with van der Waals surface area (Å²) >= 11 is 0. The first-order valence-corrected chi connectivity index (χ1v) is 5.32. The van der Waals surface area contributed by atoms with E-state index in [4.69, 9.17) is 9.47 Å². The number of nitrogens with zero attached hydrogens (tertiary/aromatic N) is 2. The largest absolute Gasteiger partial charge is 0.454 e. The topological polar surface area (TPSA) is 89.1 Å². The van der Waals surface area contributed by atoms with Gasteiger partial charge in [0.15, 0.2) is 11.5 Å². The number of amides is 1. The maximum atomic E-state index is 11.8.